The van der Waals surface area contributed by atoms with E-state index < -0.39 is 22.7 Å². The van der Waals surface area contributed by atoms with Crippen molar-refractivity contribution in [2.24, 2.45) is 0 Å². The second kappa shape index (κ2) is 4.59. The molecule has 0 amide bonds. The highest BCUT2D eigenvalue weighted by atomic mass is 16.6. The number of aliphatic carboxylic acids is 1. The molecule has 0 saturated heterocycles. The molecule has 0 bridgehead atoms. The van der Waals surface area contributed by atoms with Gasteiger partial charge in [0, 0.05) is 6.07 Å². The number of aliphatic hydroxyl groups excluding tert-OH is 1. The van der Waals surface area contributed by atoms with Gasteiger partial charge in [-0.3, -0.25) is 10.1 Å². The number of hydrogen-bond donors (Lipinski definition) is 2. The topological polar surface area (TPSA) is 124 Å². The van der Waals surface area contributed by atoms with Gasteiger partial charge >= 0.3 is 5.97 Å². The number of nitro benzene ring substituents is 1. The van der Waals surface area contributed by atoms with Crippen molar-refractivity contribution in [3.8, 4) is 6.07 Å². The third-order valence-electron chi connectivity index (χ3n) is 2.32. The van der Waals surface area contributed by atoms with Gasteiger partial charge in [0.25, 0.3) is 5.69 Å². The molecule has 0 aliphatic heterocycles. The lowest BCUT2D eigenvalue weighted by Gasteiger charge is -2.10. The first-order valence-electron chi connectivity index (χ1n) is 4.49. The van der Waals surface area contributed by atoms with Crippen LogP contribution in [0.5, 0.6) is 0 Å². The maximum Gasteiger partial charge on any atom is 0.337 e. The van der Waals surface area contributed by atoms with Gasteiger partial charge in [-0.1, -0.05) is 0 Å². The molecule has 88 valence electrons. The summed E-state index contributed by atoms with van der Waals surface area (Å²) in [7, 11) is 0. The molecule has 1 aromatic carbocycles. The van der Waals surface area contributed by atoms with E-state index in [1.807, 2.05) is 0 Å². The maximum absolute atomic E-state index is 10.7. The molecule has 0 aliphatic rings. The zero-order chi connectivity index (χ0) is 13.2. The lowest BCUT2D eigenvalue weighted by Crippen LogP contribution is -2.14. The molecular formula is C10H8N2O5. The summed E-state index contributed by atoms with van der Waals surface area (Å²) in [6.45, 7) is 1.35. The monoisotopic (exact) mass is 236 g/mol. The molecule has 7 nitrogen and oxygen atoms in total. The standard InChI is InChI=1S/C10H8N2O5/c1-5-6(4-11)2-3-7(12(16)17)8(5)9(13)10(14)15/h2-3,9,13H,1H3,(H,14,15). The quantitative estimate of drug-likeness (QED) is 0.593. The van der Waals surface area contributed by atoms with Gasteiger partial charge in [0.15, 0.2) is 6.10 Å². The summed E-state index contributed by atoms with van der Waals surface area (Å²) in [4.78, 5) is 20.6. The minimum absolute atomic E-state index is 0.0888. The number of nitro groups is 1. The van der Waals surface area contributed by atoms with E-state index in [-0.39, 0.29) is 16.7 Å². The molecule has 0 spiro atoms. The number of nitrogens with zero attached hydrogens (tertiary/aromatic N) is 2. The smallest absolute Gasteiger partial charge is 0.337 e. The summed E-state index contributed by atoms with van der Waals surface area (Å²) in [6.07, 6.45) is -2.02. The molecule has 0 saturated carbocycles. The number of carboxylic acid groups (broad SMARTS) is 1. The van der Waals surface area contributed by atoms with Crippen LogP contribution < -0.4 is 0 Å². The Bertz CT molecular complexity index is 532. The summed E-state index contributed by atoms with van der Waals surface area (Å²) in [5, 5.41) is 37.6. The van der Waals surface area contributed by atoms with E-state index in [1.54, 1.807) is 6.07 Å². The van der Waals surface area contributed by atoms with Gasteiger partial charge in [-0.15, -0.1) is 0 Å². The van der Waals surface area contributed by atoms with Crippen LogP contribution in [0, 0.1) is 28.4 Å². The van der Waals surface area contributed by atoms with Gasteiger partial charge in [-0.25, -0.2) is 4.79 Å². The zero-order valence-electron chi connectivity index (χ0n) is 8.75. The second-order valence-corrected chi connectivity index (χ2v) is 3.28. The SMILES string of the molecule is Cc1c(C#N)ccc([N+](=O)[O-])c1C(O)C(=O)O. The van der Waals surface area contributed by atoms with E-state index in [2.05, 4.69) is 0 Å². The highest BCUT2D eigenvalue weighted by molar-refractivity contribution is 5.77. The minimum Gasteiger partial charge on any atom is -0.479 e. The van der Waals surface area contributed by atoms with E-state index in [0.717, 1.165) is 6.07 Å². The highest BCUT2D eigenvalue weighted by Gasteiger charge is 2.28. The fourth-order valence-electron chi connectivity index (χ4n) is 1.46. The van der Waals surface area contributed by atoms with Crippen LogP contribution >= 0.6 is 0 Å². The zero-order valence-corrected chi connectivity index (χ0v) is 8.75. The molecule has 0 fully saturated rings. The van der Waals surface area contributed by atoms with Crippen molar-refractivity contribution in [1.82, 2.24) is 0 Å². The summed E-state index contributed by atoms with van der Waals surface area (Å²) in [5.41, 5.74) is -0.694. The fourth-order valence-corrected chi connectivity index (χ4v) is 1.46. The molecule has 0 aromatic heterocycles. The summed E-state index contributed by atoms with van der Waals surface area (Å²) in [5.74, 6) is -1.61. The second-order valence-electron chi connectivity index (χ2n) is 3.28. The van der Waals surface area contributed by atoms with Crippen molar-refractivity contribution >= 4 is 11.7 Å². The Hall–Kier alpha value is -2.46. The van der Waals surface area contributed by atoms with Crippen molar-refractivity contribution in [3.05, 3.63) is 38.9 Å². The minimum atomic E-state index is -2.02. The molecule has 0 heterocycles. The lowest BCUT2D eigenvalue weighted by atomic mass is 9.97. The molecule has 0 aliphatic carbocycles. The average Bonchev–Trinajstić information content (AvgIpc) is 2.27. The number of nitriles is 1. The Morgan fingerprint density at radius 1 is 1.59 bits per heavy atom. The molecule has 1 unspecified atom stereocenters. The number of rotatable bonds is 3. The van der Waals surface area contributed by atoms with Gasteiger partial charge in [-0.2, -0.15) is 5.26 Å². The third-order valence-corrected chi connectivity index (χ3v) is 2.32. The maximum atomic E-state index is 10.7. The van der Waals surface area contributed by atoms with Crippen LogP contribution in [0.2, 0.25) is 0 Å². The predicted molar refractivity (Wildman–Crippen MR) is 55.1 cm³/mol. The van der Waals surface area contributed by atoms with Crippen molar-refractivity contribution in [3.63, 3.8) is 0 Å². The molecule has 1 aromatic rings. The van der Waals surface area contributed by atoms with Crippen LogP contribution in [-0.4, -0.2) is 21.1 Å². The van der Waals surface area contributed by atoms with Gasteiger partial charge < -0.3 is 10.2 Å². The van der Waals surface area contributed by atoms with Crippen molar-refractivity contribution in [1.29, 1.82) is 5.26 Å². The molecule has 0 radical (unpaired) electrons. The molecule has 7 heteroatoms. The van der Waals surface area contributed by atoms with Crippen molar-refractivity contribution < 1.29 is 19.9 Å². The highest BCUT2D eigenvalue weighted by Crippen LogP contribution is 2.30. The number of carbonyl (C=O) groups is 1. The van der Waals surface area contributed by atoms with Gasteiger partial charge in [0.1, 0.15) is 0 Å². The molecule has 17 heavy (non-hydrogen) atoms. The molecule has 2 N–H and O–H groups in total. The number of hydrogen-bond acceptors (Lipinski definition) is 5. The first kappa shape index (κ1) is 12.6. The van der Waals surface area contributed by atoms with E-state index in [0.29, 0.717) is 0 Å². The van der Waals surface area contributed by atoms with Crippen molar-refractivity contribution in [2.45, 2.75) is 13.0 Å². The first-order valence-corrected chi connectivity index (χ1v) is 4.49. The van der Waals surface area contributed by atoms with Gasteiger partial charge in [0.05, 0.1) is 22.1 Å². The van der Waals surface area contributed by atoms with E-state index in [1.165, 1.54) is 13.0 Å². The van der Waals surface area contributed by atoms with Crippen LogP contribution in [0.15, 0.2) is 12.1 Å². The normalized spacial score (nSPS) is 11.6. The van der Waals surface area contributed by atoms with Crippen LogP contribution in [-0.2, 0) is 4.79 Å². The van der Waals surface area contributed by atoms with Crippen LogP contribution in [0.25, 0.3) is 0 Å². The van der Waals surface area contributed by atoms with E-state index in [9.17, 15) is 20.0 Å². The summed E-state index contributed by atoms with van der Waals surface area (Å²) < 4.78 is 0. The van der Waals surface area contributed by atoms with Crippen molar-refractivity contribution in [2.75, 3.05) is 0 Å². The van der Waals surface area contributed by atoms with E-state index in [4.69, 9.17) is 10.4 Å². The van der Waals surface area contributed by atoms with Crippen LogP contribution in [0.3, 0.4) is 0 Å². The third kappa shape index (κ3) is 2.21. The van der Waals surface area contributed by atoms with Gasteiger partial charge in [0.2, 0.25) is 0 Å². The fraction of sp³-hybridized carbons (Fsp3) is 0.200. The predicted octanol–water partition coefficient (Wildman–Crippen LogP) is 0.893. The molecule has 1 rings (SSSR count). The Balaban J connectivity index is 3.57. The number of benzene rings is 1. The first-order chi connectivity index (χ1) is 7.90. The summed E-state index contributed by atoms with van der Waals surface area (Å²) in [6, 6.07) is 3.99. The van der Waals surface area contributed by atoms with Gasteiger partial charge in [-0.05, 0) is 18.6 Å². The molecular weight excluding hydrogens is 228 g/mol. The Morgan fingerprint density at radius 3 is 2.59 bits per heavy atom. The molecule has 1 atom stereocenters. The van der Waals surface area contributed by atoms with Crippen LogP contribution in [0.4, 0.5) is 5.69 Å². The number of aliphatic hydroxyl groups is 1. The summed E-state index contributed by atoms with van der Waals surface area (Å²) >= 11 is 0. The van der Waals surface area contributed by atoms with E-state index >= 15 is 0 Å². The number of carboxylic acids is 1. The Labute approximate surface area is 95.7 Å². The Morgan fingerprint density at radius 2 is 2.18 bits per heavy atom. The largest absolute Gasteiger partial charge is 0.479 e. The lowest BCUT2D eigenvalue weighted by molar-refractivity contribution is -0.386. The van der Waals surface area contributed by atoms with Crippen LogP contribution in [0.1, 0.15) is 22.8 Å². The average molecular weight is 236 g/mol. The Kier molecular flexibility index (Phi) is 3.40.